The molecule has 2 aromatic carbocycles. The largest absolute Gasteiger partial charge is 0.493 e. The first-order chi connectivity index (χ1) is 15.5. The summed E-state index contributed by atoms with van der Waals surface area (Å²) >= 11 is 0. The normalized spacial score (nSPS) is 13.3. The number of para-hydroxylation sites is 2. The van der Waals surface area contributed by atoms with Gasteiger partial charge in [0.05, 0.1) is 19.6 Å². The van der Waals surface area contributed by atoms with E-state index in [0.29, 0.717) is 17.3 Å². The molecule has 1 radical (unpaired) electrons. The number of aromatic nitrogens is 2. The molecular weight excluding hydrogens is 469 g/mol. The van der Waals surface area contributed by atoms with Crippen molar-refractivity contribution in [3.63, 3.8) is 0 Å². The number of rotatable bonds is 9. The van der Waals surface area contributed by atoms with Gasteiger partial charge in [-0.05, 0) is 36.6 Å². The third-order valence-corrected chi connectivity index (χ3v) is 5.72. The topological polar surface area (TPSA) is 99.6 Å². The molecule has 0 bridgehead atoms. The molecule has 0 saturated heterocycles. The zero-order valence-corrected chi connectivity index (χ0v) is 22.6. The Morgan fingerprint density at radius 3 is 2.24 bits per heavy atom. The summed E-state index contributed by atoms with van der Waals surface area (Å²) in [5, 5.41) is 1.08. The fraction of sp³-hybridized carbons (Fsp3) is 0.217. The van der Waals surface area contributed by atoms with Crippen molar-refractivity contribution in [3.8, 4) is 23.1 Å². The Hall–Kier alpha value is -1.95. The van der Waals surface area contributed by atoms with Gasteiger partial charge < -0.3 is 14.2 Å². The van der Waals surface area contributed by atoms with Gasteiger partial charge >= 0.3 is 0 Å². The first kappa shape index (κ1) is 25.7. The summed E-state index contributed by atoms with van der Waals surface area (Å²) < 4.78 is 44.9. The van der Waals surface area contributed by atoms with Gasteiger partial charge in [-0.3, -0.25) is 4.72 Å². The summed E-state index contributed by atoms with van der Waals surface area (Å²) in [6.07, 6.45) is 3.38. The summed E-state index contributed by atoms with van der Waals surface area (Å²) in [4.78, 5) is 8.89. The van der Waals surface area contributed by atoms with Crippen molar-refractivity contribution in [1.82, 2.24) is 9.97 Å². The minimum Gasteiger partial charge on any atom is -0.493 e. The first-order valence-corrected chi connectivity index (χ1v) is 11.6. The van der Waals surface area contributed by atoms with E-state index < -0.39 is 10.0 Å². The Bertz CT molecular complexity index is 1230. The molecule has 167 valence electrons. The molecule has 8 nitrogen and oxygen atoms in total. The fourth-order valence-corrected chi connectivity index (χ4v) is 3.80. The number of ether oxygens (including phenoxy) is 3. The van der Waals surface area contributed by atoms with Gasteiger partial charge in [0.1, 0.15) is 5.82 Å². The van der Waals surface area contributed by atoms with E-state index in [1.54, 1.807) is 36.4 Å². The van der Waals surface area contributed by atoms with E-state index in [0.717, 1.165) is 23.8 Å². The summed E-state index contributed by atoms with van der Waals surface area (Å²) in [6, 6.07) is 16.1. The van der Waals surface area contributed by atoms with Crippen LogP contribution in [0.4, 0.5) is 5.82 Å². The summed E-state index contributed by atoms with van der Waals surface area (Å²) in [6.45, 7) is 0. The SMILES string of the molecule is COc1ccccc1Oc1c(NS(=O)(=O)C=Cc2ccccc2)nc(C2CC2)nc1OC.[K]. The molecule has 4 rings (SSSR count). The number of methoxy groups -OCH3 is 2. The molecule has 1 aromatic heterocycles. The van der Waals surface area contributed by atoms with Crippen LogP contribution in [0.5, 0.6) is 23.1 Å². The molecule has 33 heavy (non-hydrogen) atoms. The Balaban J connectivity index is 0.00000306. The molecule has 1 heterocycles. The molecule has 1 aliphatic rings. The van der Waals surface area contributed by atoms with Gasteiger partial charge in [-0.15, -0.1) is 0 Å². The Kier molecular flexibility index (Phi) is 8.91. The molecule has 0 spiro atoms. The summed E-state index contributed by atoms with van der Waals surface area (Å²) in [7, 11) is -0.934. The quantitative estimate of drug-likeness (QED) is 0.447. The summed E-state index contributed by atoms with van der Waals surface area (Å²) in [5.41, 5.74) is 0.752. The third-order valence-electron chi connectivity index (χ3n) is 4.75. The van der Waals surface area contributed by atoms with E-state index in [4.69, 9.17) is 14.2 Å². The molecular formula is C23H23KN3O5S. The molecule has 0 amide bonds. The average Bonchev–Trinajstić information content (AvgIpc) is 3.65. The maximum Gasteiger partial charge on any atom is 0.263 e. The van der Waals surface area contributed by atoms with Gasteiger partial charge in [0, 0.05) is 57.3 Å². The molecule has 1 saturated carbocycles. The minimum atomic E-state index is -3.90. The van der Waals surface area contributed by atoms with Crippen LogP contribution < -0.4 is 18.9 Å². The number of sulfonamides is 1. The van der Waals surface area contributed by atoms with Gasteiger partial charge in [0.15, 0.2) is 17.3 Å². The smallest absolute Gasteiger partial charge is 0.263 e. The van der Waals surface area contributed by atoms with Gasteiger partial charge in [-0.2, -0.15) is 4.98 Å². The van der Waals surface area contributed by atoms with Crippen molar-refractivity contribution in [2.45, 2.75) is 18.8 Å². The zero-order valence-electron chi connectivity index (χ0n) is 18.7. The van der Waals surface area contributed by atoms with Gasteiger partial charge in [-0.1, -0.05) is 42.5 Å². The zero-order chi connectivity index (χ0) is 22.6. The van der Waals surface area contributed by atoms with Crippen LogP contribution in [0.1, 0.15) is 30.1 Å². The fourth-order valence-electron chi connectivity index (χ4n) is 2.98. The predicted molar refractivity (Wildman–Crippen MR) is 127 cm³/mol. The number of anilines is 1. The third kappa shape index (κ3) is 6.78. The van der Waals surface area contributed by atoms with Crippen LogP contribution in [-0.2, 0) is 10.0 Å². The van der Waals surface area contributed by atoms with Crippen LogP contribution in [-0.4, -0.2) is 84.0 Å². The second kappa shape index (κ2) is 11.5. The van der Waals surface area contributed by atoms with Crippen LogP contribution >= 0.6 is 0 Å². The molecule has 0 unspecified atom stereocenters. The molecule has 0 atom stereocenters. The average molecular weight is 493 g/mol. The van der Waals surface area contributed by atoms with Crippen molar-refractivity contribution >= 4 is 73.3 Å². The second-order valence-corrected chi connectivity index (χ2v) is 8.72. The van der Waals surface area contributed by atoms with E-state index in [2.05, 4.69) is 14.7 Å². The summed E-state index contributed by atoms with van der Waals surface area (Å²) in [5.74, 6) is 1.72. The molecule has 10 heteroatoms. The maximum atomic E-state index is 12.8. The standard InChI is InChI=1S/C23H23N3O5S.K/c1-29-18-10-6-7-11-19(18)31-20-22(24-21(17-12-13-17)25-23(20)30-2)26-32(27,28)15-14-16-8-4-3-5-9-16;/h3-11,14-15,17H,12-13H2,1-2H3,(H,24,25,26);. The maximum absolute atomic E-state index is 12.8. The second-order valence-electron chi connectivity index (χ2n) is 7.16. The molecule has 3 aromatic rings. The minimum absolute atomic E-state index is 0. The number of benzene rings is 2. The number of nitrogens with one attached hydrogen (secondary N) is 1. The Morgan fingerprint density at radius 1 is 0.939 bits per heavy atom. The van der Waals surface area contributed by atoms with Crippen molar-refractivity contribution in [2.75, 3.05) is 18.9 Å². The molecule has 1 fully saturated rings. The van der Waals surface area contributed by atoms with Crippen molar-refractivity contribution < 1.29 is 22.6 Å². The Morgan fingerprint density at radius 2 is 1.61 bits per heavy atom. The van der Waals surface area contributed by atoms with Crippen LogP contribution in [0, 0.1) is 0 Å². The Labute approximate surface area is 235 Å². The number of hydrogen-bond donors (Lipinski definition) is 1. The predicted octanol–water partition coefficient (Wildman–Crippen LogP) is 4.20. The van der Waals surface area contributed by atoms with Gasteiger partial charge in [-0.25, -0.2) is 13.4 Å². The van der Waals surface area contributed by atoms with Crippen LogP contribution in [0.3, 0.4) is 0 Å². The van der Waals surface area contributed by atoms with Gasteiger partial charge in [0.25, 0.3) is 15.9 Å². The molecule has 1 N–H and O–H groups in total. The van der Waals surface area contributed by atoms with E-state index >= 15 is 0 Å². The number of nitrogens with zero attached hydrogens (tertiary/aromatic N) is 2. The first-order valence-electron chi connectivity index (χ1n) is 10.0. The van der Waals surface area contributed by atoms with Gasteiger partial charge in [0.2, 0.25) is 5.75 Å². The van der Waals surface area contributed by atoms with E-state index in [-0.39, 0.29) is 74.7 Å². The van der Waals surface area contributed by atoms with Crippen molar-refractivity contribution in [2.24, 2.45) is 0 Å². The van der Waals surface area contributed by atoms with Crippen LogP contribution in [0.15, 0.2) is 60.0 Å². The van der Waals surface area contributed by atoms with E-state index in [9.17, 15) is 8.42 Å². The van der Waals surface area contributed by atoms with E-state index in [1.807, 2.05) is 18.2 Å². The number of hydrogen-bond acceptors (Lipinski definition) is 7. The van der Waals surface area contributed by atoms with Crippen LogP contribution in [0.2, 0.25) is 0 Å². The van der Waals surface area contributed by atoms with E-state index in [1.165, 1.54) is 20.3 Å². The monoisotopic (exact) mass is 492 g/mol. The van der Waals surface area contributed by atoms with Crippen LogP contribution in [0.25, 0.3) is 6.08 Å². The van der Waals surface area contributed by atoms with Crippen molar-refractivity contribution in [3.05, 3.63) is 71.4 Å². The van der Waals surface area contributed by atoms with Crippen molar-refractivity contribution in [1.29, 1.82) is 0 Å². The molecule has 0 aliphatic heterocycles. The molecule has 1 aliphatic carbocycles.